The standard InChI is InChI=1S/C16H19NO4/c1-20-11-13(18)7-9-17-16(19)15-14(8-10-21-15)12-5-3-2-4-6-12/h2-6,8,10,13,18H,7,9,11H2,1H3,(H,17,19). The predicted octanol–water partition coefficient (Wildman–Crippen LogP) is 2.07. The first kappa shape index (κ1) is 15.3. The van der Waals surface area contributed by atoms with E-state index in [4.69, 9.17) is 9.15 Å². The number of rotatable bonds is 7. The lowest BCUT2D eigenvalue weighted by Crippen LogP contribution is -2.28. The fourth-order valence-corrected chi connectivity index (χ4v) is 2.04. The quantitative estimate of drug-likeness (QED) is 0.818. The lowest BCUT2D eigenvalue weighted by Gasteiger charge is -2.10. The largest absolute Gasteiger partial charge is 0.459 e. The highest BCUT2D eigenvalue weighted by Crippen LogP contribution is 2.24. The minimum atomic E-state index is -0.583. The van der Waals surface area contributed by atoms with E-state index < -0.39 is 6.10 Å². The number of furan rings is 1. The van der Waals surface area contributed by atoms with Gasteiger partial charge >= 0.3 is 0 Å². The van der Waals surface area contributed by atoms with Crippen molar-refractivity contribution in [2.24, 2.45) is 0 Å². The first-order valence-corrected chi connectivity index (χ1v) is 6.80. The topological polar surface area (TPSA) is 71.7 Å². The molecule has 1 amide bonds. The van der Waals surface area contributed by atoms with E-state index in [-0.39, 0.29) is 18.3 Å². The summed E-state index contributed by atoms with van der Waals surface area (Å²) in [6.45, 7) is 0.615. The van der Waals surface area contributed by atoms with Crippen LogP contribution in [0.1, 0.15) is 17.0 Å². The van der Waals surface area contributed by atoms with Crippen molar-refractivity contribution < 1.29 is 19.1 Å². The van der Waals surface area contributed by atoms with Gasteiger partial charge in [-0.15, -0.1) is 0 Å². The highest BCUT2D eigenvalue weighted by atomic mass is 16.5. The Labute approximate surface area is 123 Å². The third-order valence-electron chi connectivity index (χ3n) is 3.08. The SMILES string of the molecule is COCC(O)CCNC(=O)c1occc1-c1ccccc1. The number of amides is 1. The van der Waals surface area contributed by atoms with Crippen LogP contribution in [0.3, 0.4) is 0 Å². The van der Waals surface area contributed by atoms with Gasteiger partial charge in [-0.2, -0.15) is 0 Å². The molecule has 0 saturated carbocycles. The molecule has 0 aliphatic heterocycles. The maximum atomic E-state index is 12.1. The molecule has 1 heterocycles. The number of nitrogens with one attached hydrogen (secondary N) is 1. The molecule has 2 N–H and O–H groups in total. The van der Waals surface area contributed by atoms with Crippen molar-refractivity contribution in [1.29, 1.82) is 0 Å². The van der Waals surface area contributed by atoms with E-state index in [2.05, 4.69) is 5.32 Å². The van der Waals surface area contributed by atoms with Crippen LogP contribution >= 0.6 is 0 Å². The van der Waals surface area contributed by atoms with Gasteiger partial charge in [0.15, 0.2) is 5.76 Å². The van der Waals surface area contributed by atoms with Crippen molar-refractivity contribution in [3.05, 3.63) is 48.4 Å². The van der Waals surface area contributed by atoms with Gasteiger partial charge in [-0.3, -0.25) is 4.79 Å². The normalized spacial score (nSPS) is 12.1. The number of hydrogen-bond donors (Lipinski definition) is 2. The van der Waals surface area contributed by atoms with E-state index in [0.717, 1.165) is 11.1 Å². The number of methoxy groups -OCH3 is 1. The fourth-order valence-electron chi connectivity index (χ4n) is 2.04. The van der Waals surface area contributed by atoms with Gasteiger partial charge in [0.2, 0.25) is 0 Å². The van der Waals surface area contributed by atoms with Crippen molar-refractivity contribution in [1.82, 2.24) is 5.32 Å². The molecule has 0 spiro atoms. The molecule has 0 bridgehead atoms. The molecule has 0 aliphatic carbocycles. The van der Waals surface area contributed by atoms with Gasteiger partial charge in [0.1, 0.15) is 0 Å². The van der Waals surface area contributed by atoms with E-state index in [0.29, 0.717) is 13.0 Å². The molecule has 1 atom stereocenters. The number of ether oxygens (including phenoxy) is 1. The van der Waals surface area contributed by atoms with Gasteiger partial charge in [0.05, 0.1) is 19.0 Å². The molecular weight excluding hydrogens is 270 g/mol. The summed E-state index contributed by atoms with van der Waals surface area (Å²) in [5, 5.41) is 12.3. The fraction of sp³-hybridized carbons (Fsp3) is 0.312. The molecule has 1 aromatic heterocycles. The zero-order valence-electron chi connectivity index (χ0n) is 11.9. The van der Waals surface area contributed by atoms with Gasteiger partial charge in [-0.25, -0.2) is 0 Å². The zero-order valence-corrected chi connectivity index (χ0v) is 11.9. The number of aliphatic hydroxyl groups is 1. The van der Waals surface area contributed by atoms with E-state index in [1.165, 1.54) is 13.4 Å². The Kier molecular flexibility index (Phi) is 5.54. The summed E-state index contributed by atoms with van der Waals surface area (Å²) in [5.74, 6) is -0.00842. The smallest absolute Gasteiger partial charge is 0.287 e. The Bertz CT molecular complexity index is 565. The van der Waals surface area contributed by atoms with Crippen LogP contribution in [0.2, 0.25) is 0 Å². The van der Waals surface area contributed by atoms with Crippen molar-refractivity contribution in [3.63, 3.8) is 0 Å². The second kappa shape index (κ2) is 7.61. The van der Waals surface area contributed by atoms with Crippen LogP contribution in [0.5, 0.6) is 0 Å². The number of aliphatic hydroxyl groups excluding tert-OH is 1. The Morgan fingerprint density at radius 3 is 2.81 bits per heavy atom. The van der Waals surface area contributed by atoms with Crippen LogP contribution in [-0.2, 0) is 4.74 Å². The molecule has 0 aliphatic rings. The lowest BCUT2D eigenvalue weighted by atomic mass is 10.1. The predicted molar refractivity (Wildman–Crippen MR) is 79.0 cm³/mol. The highest BCUT2D eigenvalue weighted by molar-refractivity contribution is 5.98. The van der Waals surface area contributed by atoms with Crippen molar-refractivity contribution in [3.8, 4) is 11.1 Å². The van der Waals surface area contributed by atoms with Crippen LogP contribution in [0.4, 0.5) is 0 Å². The Hall–Kier alpha value is -2.11. The van der Waals surface area contributed by atoms with Crippen LogP contribution in [0, 0.1) is 0 Å². The molecule has 0 radical (unpaired) electrons. The Morgan fingerprint density at radius 2 is 2.10 bits per heavy atom. The minimum absolute atomic E-state index is 0.256. The molecule has 5 nitrogen and oxygen atoms in total. The third-order valence-corrected chi connectivity index (χ3v) is 3.08. The van der Waals surface area contributed by atoms with E-state index >= 15 is 0 Å². The summed E-state index contributed by atoms with van der Waals surface area (Å²) in [6.07, 6.45) is 1.35. The average molecular weight is 289 g/mol. The third kappa shape index (κ3) is 4.18. The molecule has 5 heteroatoms. The van der Waals surface area contributed by atoms with Crippen molar-refractivity contribution >= 4 is 5.91 Å². The summed E-state index contributed by atoms with van der Waals surface area (Å²) in [4.78, 5) is 12.1. The molecule has 112 valence electrons. The second-order valence-electron chi connectivity index (χ2n) is 4.68. The summed E-state index contributed by atoms with van der Waals surface area (Å²) in [7, 11) is 1.52. The number of hydrogen-bond acceptors (Lipinski definition) is 4. The average Bonchev–Trinajstić information content (AvgIpc) is 2.98. The Morgan fingerprint density at radius 1 is 1.33 bits per heavy atom. The molecular formula is C16H19NO4. The maximum Gasteiger partial charge on any atom is 0.287 e. The molecule has 1 unspecified atom stereocenters. The van der Waals surface area contributed by atoms with Gasteiger partial charge < -0.3 is 19.6 Å². The van der Waals surface area contributed by atoms with Crippen LogP contribution in [0.15, 0.2) is 47.1 Å². The maximum absolute atomic E-state index is 12.1. The number of carbonyl (C=O) groups is 1. The molecule has 2 aromatic rings. The lowest BCUT2D eigenvalue weighted by molar-refractivity contribution is 0.0586. The second-order valence-corrected chi connectivity index (χ2v) is 4.68. The molecule has 0 saturated heterocycles. The number of benzene rings is 1. The minimum Gasteiger partial charge on any atom is -0.459 e. The van der Waals surface area contributed by atoms with Gasteiger partial charge in [-0.05, 0) is 18.1 Å². The van der Waals surface area contributed by atoms with Crippen LogP contribution < -0.4 is 5.32 Å². The number of carbonyl (C=O) groups excluding carboxylic acids is 1. The summed E-state index contributed by atoms with van der Waals surface area (Å²) < 4.78 is 10.1. The van der Waals surface area contributed by atoms with E-state index in [1.807, 2.05) is 30.3 Å². The van der Waals surface area contributed by atoms with Crippen molar-refractivity contribution in [2.45, 2.75) is 12.5 Å². The molecule has 2 rings (SSSR count). The van der Waals surface area contributed by atoms with E-state index in [9.17, 15) is 9.90 Å². The molecule has 0 fully saturated rings. The van der Waals surface area contributed by atoms with Gasteiger partial charge in [-0.1, -0.05) is 30.3 Å². The van der Waals surface area contributed by atoms with Crippen molar-refractivity contribution in [2.75, 3.05) is 20.3 Å². The summed E-state index contributed by atoms with van der Waals surface area (Å²) in [6, 6.07) is 11.3. The van der Waals surface area contributed by atoms with Gasteiger partial charge in [0, 0.05) is 19.2 Å². The van der Waals surface area contributed by atoms with Crippen LogP contribution in [-0.4, -0.2) is 37.4 Å². The first-order valence-electron chi connectivity index (χ1n) is 6.80. The zero-order chi connectivity index (χ0) is 15.1. The summed E-state index contributed by atoms with van der Waals surface area (Å²) in [5.41, 5.74) is 1.68. The van der Waals surface area contributed by atoms with Gasteiger partial charge in [0.25, 0.3) is 5.91 Å². The van der Waals surface area contributed by atoms with E-state index in [1.54, 1.807) is 6.07 Å². The molecule has 21 heavy (non-hydrogen) atoms. The summed E-state index contributed by atoms with van der Waals surface area (Å²) >= 11 is 0. The monoisotopic (exact) mass is 289 g/mol. The molecule has 1 aromatic carbocycles. The first-order chi connectivity index (χ1) is 10.2. The highest BCUT2D eigenvalue weighted by Gasteiger charge is 2.16. The Balaban J connectivity index is 1.96. The van der Waals surface area contributed by atoms with Crippen LogP contribution in [0.25, 0.3) is 11.1 Å².